The predicted octanol–water partition coefficient (Wildman–Crippen LogP) is 0.602. The van der Waals surface area contributed by atoms with Crippen LogP contribution < -0.4 is 0 Å². The highest BCUT2D eigenvalue weighted by molar-refractivity contribution is 5.74. The van der Waals surface area contributed by atoms with Crippen molar-refractivity contribution in [2.75, 3.05) is 19.7 Å². The molecule has 0 aromatic heterocycles. The highest BCUT2D eigenvalue weighted by Crippen LogP contribution is 2.68. The number of carbonyl (C=O) groups excluding carboxylic acids is 1. The molecule has 19 heavy (non-hydrogen) atoms. The first-order chi connectivity index (χ1) is 9.11. The molecule has 1 heterocycles. The molecule has 4 heteroatoms. The second-order valence-corrected chi connectivity index (χ2v) is 5.71. The summed E-state index contributed by atoms with van der Waals surface area (Å²) < 4.78 is 0. The van der Waals surface area contributed by atoms with E-state index in [0.29, 0.717) is 13.1 Å². The first kappa shape index (κ1) is 12.6. The zero-order chi connectivity index (χ0) is 13.6. The number of hydrogen-bond acceptors (Lipinski definition) is 3. The third kappa shape index (κ3) is 1.70. The van der Waals surface area contributed by atoms with Crippen molar-refractivity contribution >= 4 is 5.91 Å². The quantitative estimate of drug-likeness (QED) is 0.819. The van der Waals surface area contributed by atoms with Gasteiger partial charge < -0.3 is 15.1 Å². The number of rotatable bonds is 2. The largest absolute Gasteiger partial charge is 0.396 e. The Morgan fingerprint density at radius 2 is 2.11 bits per heavy atom. The van der Waals surface area contributed by atoms with Gasteiger partial charge in [-0.1, -0.05) is 30.3 Å². The minimum absolute atomic E-state index is 0.00803. The predicted molar refractivity (Wildman–Crippen MR) is 70.5 cm³/mol. The molecule has 102 valence electrons. The van der Waals surface area contributed by atoms with Crippen LogP contribution in [0, 0.1) is 11.3 Å². The average molecular weight is 261 g/mol. The Morgan fingerprint density at radius 3 is 2.63 bits per heavy atom. The molecular weight excluding hydrogens is 242 g/mol. The van der Waals surface area contributed by atoms with Gasteiger partial charge in [-0.15, -0.1) is 0 Å². The van der Waals surface area contributed by atoms with Gasteiger partial charge in [0.1, 0.15) is 0 Å². The monoisotopic (exact) mass is 261 g/mol. The number of carbonyl (C=O) groups is 1. The number of aliphatic hydroxyl groups excluding tert-OH is 2. The Labute approximate surface area is 112 Å². The molecule has 1 aromatic rings. The van der Waals surface area contributed by atoms with Crippen molar-refractivity contribution in [3.63, 3.8) is 0 Å². The lowest BCUT2D eigenvalue weighted by atomic mass is 9.95. The van der Waals surface area contributed by atoms with Gasteiger partial charge in [0.2, 0.25) is 5.91 Å². The second kappa shape index (κ2) is 4.32. The lowest BCUT2D eigenvalue weighted by Crippen LogP contribution is -2.26. The van der Waals surface area contributed by atoms with Crippen LogP contribution in [0.2, 0.25) is 0 Å². The molecule has 2 N–H and O–H groups in total. The summed E-state index contributed by atoms with van der Waals surface area (Å²) in [7, 11) is 0. The summed E-state index contributed by atoms with van der Waals surface area (Å²) in [4.78, 5) is 13.2. The van der Waals surface area contributed by atoms with E-state index in [4.69, 9.17) is 0 Å². The SMILES string of the molecule is CC(=O)N1C[C@H](O)[C@@]2(C1)[C@H](CO)[C@H]2c1ccccc1. The summed E-state index contributed by atoms with van der Waals surface area (Å²) in [6.45, 7) is 2.52. The molecule has 1 spiro atoms. The van der Waals surface area contributed by atoms with Crippen LogP contribution in [0.4, 0.5) is 0 Å². The maximum absolute atomic E-state index is 11.5. The van der Waals surface area contributed by atoms with E-state index in [1.807, 2.05) is 30.3 Å². The first-order valence-electron chi connectivity index (χ1n) is 6.70. The molecule has 2 fully saturated rings. The summed E-state index contributed by atoms with van der Waals surface area (Å²) in [5.41, 5.74) is 0.799. The Bertz CT molecular complexity index is 489. The number of likely N-dealkylation sites (tertiary alicyclic amines) is 1. The molecule has 2 aliphatic rings. The van der Waals surface area contributed by atoms with Gasteiger partial charge in [0.25, 0.3) is 0 Å². The molecule has 0 unspecified atom stereocenters. The first-order valence-corrected chi connectivity index (χ1v) is 6.70. The molecule has 0 radical (unpaired) electrons. The average Bonchev–Trinajstić information content (AvgIpc) is 2.94. The fourth-order valence-electron chi connectivity index (χ4n) is 3.81. The smallest absolute Gasteiger partial charge is 0.219 e. The minimum Gasteiger partial charge on any atom is -0.396 e. The van der Waals surface area contributed by atoms with Gasteiger partial charge >= 0.3 is 0 Å². The number of aliphatic hydroxyl groups is 2. The van der Waals surface area contributed by atoms with Gasteiger partial charge in [0.15, 0.2) is 0 Å². The highest BCUT2D eigenvalue weighted by Gasteiger charge is 2.71. The van der Waals surface area contributed by atoms with E-state index in [1.54, 1.807) is 4.90 Å². The zero-order valence-electron chi connectivity index (χ0n) is 11.0. The third-order valence-electron chi connectivity index (χ3n) is 4.84. The van der Waals surface area contributed by atoms with Crippen molar-refractivity contribution in [3.8, 4) is 0 Å². The van der Waals surface area contributed by atoms with Crippen LogP contribution in [0.25, 0.3) is 0 Å². The van der Waals surface area contributed by atoms with Crippen LogP contribution in [0.1, 0.15) is 18.4 Å². The normalized spacial score (nSPS) is 36.8. The summed E-state index contributed by atoms with van der Waals surface area (Å²) in [6.07, 6.45) is -0.543. The van der Waals surface area contributed by atoms with E-state index in [0.717, 1.165) is 5.56 Å². The molecule has 3 rings (SSSR count). The van der Waals surface area contributed by atoms with Crippen LogP contribution in [0.5, 0.6) is 0 Å². The summed E-state index contributed by atoms with van der Waals surface area (Å²) in [5, 5.41) is 20.0. The standard InChI is InChI=1S/C15H19NO3/c1-10(18)16-7-13(19)15(9-16)12(8-17)14(15)11-5-3-2-4-6-11/h2-6,12-14,17,19H,7-9H2,1H3/t12-,13+,14-,15-/m1/s1. The molecule has 1 saturated carbocycles. The Balaban J connectivity index is 1.90. The summed E-state index contributed by atoms with van der Waals surface area (Å²) >= 11 is 0. The van der Waals surface area contributed by atoms with E-state index in [2.05, 4.69) is 0 Å². The lowest BCUT2D eigenvalue weighted by molar-refractivity contribution is -0.128. The third-order valence-corrected chi connectivity index (χ3v) is 4.84. The van der Waals surface area contributed by atoms with Crippen molar-refractivity contribution < 1.29 is 15.0 Å². The molecule has 4 atom stereocenters. The van der Waals surface area contributed by atoms with E-state index >= 15 is 0 Å². The number of β-amino-alcohol motifs (C(OH)–C–C–N with tert-alkyl or cyclic N) is 1. The van der Waals surface area contributed by atoms with E-state index in [-0.39, 0.29) is 29.8 Å². The summed E-state index contributed by atoms with van der Waals surface area (Å²) in [6, 6.07) is 9.97. The fourth-order valence-corrected chi connectivity index (χ4v) is 3.81. The van der Waals surface area contributed by atoms with E-state index in [1.165, 1.54) is 6.92 Å². The van der Waals surface area contributed by atoms with Gasteiger partial charge in [-0.3, -0.25) is 4.79 Å². The fraction of sp³-hybridized carbons (Fsp3) is 0.533. The molecule has 1 aliphatic heterocycles. The van der Waals surface area contributed by atoms with Crippen molar-refractivity contribution in [1.82, 2.24) is 4.90 Å². The second-order valence-electron chi connectivity index (χ2n) is 5.71. The number of amides is 1. The molecule has 1 saturated heterocycles. The highest BCUT2D eigenvalue weighted by atomic mass is 16.3. The maximum Gasteiger partial charge on any atom is 0.219 e. The topological polar surface area (TPSA) is 60.8 Å². The Morgan fingerprint density at radius 1 is 1.42 bits per heavy atom. The van der Waals surface area contributed by atoms with Crippen LogP contribution in [0.15, 0.2) is 30.3 Å². The Kier molecular flexibility index (Phi) is 2.87. The molecule has 1 aliphatic carbocycles. The van der Waals surface area contributed by atoms with Gasteiger partial charge in [-0.05, 0) is 17.4 Å². The van der Waals surface area contributed by atoms with Crippen molar-refractivity contribution in [3.05, 3.63) is 35.9 Å². The molecule has 0 bridgehead atoms. The molecule has 4 nitrogen and oxygen atoms in total. The number of hydrogen-bond donors (Lipinski definition) is 2. The van der Waals surface area contributed by atoms with Crippen LogP contribution in [0.3, 0.4) is 0 Å². The zero-order valence-corrected chi connectivity index (χ0v) is 11.0. The van der Waals surface area contributed by atoms with Crippen molar-refractivity contribution in [2.24, 2.45) is 11.3 Å². The van der Waals surface area contributed by atoms with Crippen LogP contribution >= 0.6 is 0 Å². The molecule has 1 aromatic carbocycles. The van der Waals surface area contributed by atoms with Gasteiger partial charge in [-0.2, -0.15) is 0 Å². The van der Waals surface area contributed by atoms with E-state index < -0.39 is 6.10 Å². The van der Waals surface area contributed by atoms with Crippen molar-refractivity contribution in [2.45, 2.75) is 18.9 Å². The number of nitrogens with zero attached hydrogens (tertiary/aromatic N) is 1. The molecule has 1 amide bonds. The van der Waals surface area contributed by atoms with Gasteiger partial charge in [-0.25, -0.2) is 0 Å². The summed E-state index contributed by atoms with van der Waals surface area (Å²) in [5.74, 6) is 0.193. The molecular formula is C15H19NO3. The Hall–Kier alpha value is -1.39. The maximum atomic E-state index is 11.5. The van der Waals surface area contributed by atoms with E-state index in [9.17, 15) is 15.0 Å². The van der Waals surface area contributed by atoms with Gasteiger partial charge in [0, 0.05) is 32.0 Å². The van der Waals surface area contributed by atoms with Crippen LogP contribution in [-0.2, 0) is 4.79 Å². The number of benzene rings is 1. The van der Waals surface area contributed by atoms with Crippen LogP contribution in [-0.4, -0.2) is 46.8 Å². The minimum atomic E-state index is -0.543. The van der Waals surface area contributed by atoms with Gasteiger partial charge in [0.05, 0.1) is 6.10 Å². The lowest BCUT2D eigenvalue weighted by Gasteiger charge is -2.14. The van der Waals surface area contributed by atoms with Crippen molar-refractivity contribution in [1.29, 1.82) is 0 Å².